The Morgan fingerprint density at radius 2 is 2.32 bits per heavy atom. The second kappa shape index (κ2) is 7.16. The lowest BCUT2D eigenvalue weighted by Gasteiger charge is -2.08. The summed E-state index contributed by atoms with van der Waals surface area (Å²) in [5.74, 6) is 0. The Kier molecular flexibility index (Phi) is 5.53. The molecule has 0 saturated heterocycles. The number of hydrogen-bond donors (Lipinski definition) is 1. The van der Waals surface area contributed by atoms with E-state index in [2.05, 4.69) is 49.7 Å². The van der Waals surface area contributed by atoms with E-state index >= 15 is 0 Å². The van der Waals surface area contributed by atoms with E-state index in [9.17, 15) is 4.79 Å². The van der Waals surface area contributed by atoms with Gasteiger partial charge >= 0.3 is 0 Å². The SMILES string of the molecule is Cc1ncn(CCNCCc2ccsc2)c(=O)c1I. The fourth-order valence-corrected chi connectivity index (χ4v) is 2.85. The minimum absolute atomic E-state index is 0.0488. The van der Waals surface area contributed by atoms with Crippen molar-refractivity contribution in [2.24, 2.45) is 0 Å². The van der Waals surface area contributed by atoms with Crippen molar-refractivity contribution < 1.29 is 0 Å². The Morgan fingerprint density at radius 1 is 1.47 bits per heavy atom. The number of thiophene rings is 1. The highest BCUT2D eigenvalue weighted by atomic mass is 127. The number of hydrogen-bond acceptors (Lipinski definition) is 4. The van der Waals surface area contributed by atoms with Crippen molar-refractivity contribution >= 4 is 33.9 Å². The number of aromatic nitrogens is 2. The maximum absolute atomic E-state index is 11.9. The molecule has 4 nitrogen and oxygen atoms in total. The normalized spacial score (nSPS) is 10.8. The minimum Gasteiger partial charge on any atom is -0.315 e. The first-order valence-electron chi connectivity index (χ1n) is 6.12. The third-order valence-corrected chi connectivity index (χ3v) is 4.83. The quantitative estimate of drug-likeness (QED) is 0.608. The van der Waals surface area contributed by atoms with Gasteiger partial charge in [0.05, 0.1) is 15.6 Å². The van der Waals surface area contributed by atoms with Gasteiger partial charge in [0, 0.05) is 13.1 Å². The van der Waals surface area contributed by atoms with Crippen LogP contribution in [0.4, 0.5) is 0 Å². The number of halogens is 1. The van der Waals surface area contributed by atoms with Crippen LogP contribution >= 0.6 is 33.9 Å². The smallest absolute Gasteiger partial charge is 0.267 e. The zero-order valence-corrected chi connectivity index (χ0v) is 13.7. The van der Waals surface area contributed by atoms with Gasteiger partial charge in [0.2, 0.25) is 0 Å². The first-order chi connectivity index (χ1) is 9.18. The summed E-state index contributed by atoms with van der Waals surface area (Å²) in [5, 5.41) is 7.61. The minimum atomic E-state index is 0.0488. The summed E-state index contributed by atoms with van der Waals surface area (Å²) >= 11 is 3.78. The first-order valence-corrected chi connectivity index (χ1v) is 8.14. The Hall–Kier alpha value is -0.730. The average Bonchev–Trinajstić information content (AvgIpc) is 2.91. The van der Waals surface area contributed by atoms with E-state index in [1.165, 1.54) is 5.56 Å². The molecular weight excluding hydrogens is 373 g/mol. The highest BCUT2D eigenvalue weighted by molar-refractivity contribution is 14.1. The molecule has 2 aromatic rings. The predicted molar refractivity (Wildman–Crippen MR) is 86.8 cm³/mol. The van der Waals surface area contributed by atoms with E-state index in [1.54, 1.807) is 22.2 Å². The van der Waals surface area contributed by atoms with Crippen LogP contribution in [0.15, 0.2) is 27.9 Å². The van der Waals surface area contributed by atoms with Gasteiger partial charge in [0.15, 0.2) is 0 Å². The maximum atomic E-state index is 11.9. The van der Waals surface area contributed by atoms with Crippen molar-refractivity contribution in [3.8, 4) is 0 Å². The van der Waals surface area contributed by atoms with Crippen LogP contribution in [0.2, 0.25) is 0 Å². The van der Waals surface area contributed by atoms with E-state index < -0.39 is 0 Å². The molecule has 0 saturated carbocycles. The van der Waals surface area contributed by atoms with Crippen LogP contribution in [0, 0.1) is 10.5 Å². The molecule has 0 aromatic carbocycles. The van der Waals surface area contributed by atoms with Crippen LogP contribution < -0.4 is 10.9 Å². The summed E-state index contributed by atoms with van der Waals surface area (Å²) in [6.07, 6.45) is 2.66. The molecule has 2 heterocycles. The van der Waals surface area contributed by atoms with Gasteiger partial charge in [-0.05, 0) is 64.9 Å². The lowest BCUT2D eigenvalue weighted by Crippen LogP contribution is -2.30. The van der Waals surface area contributed by atoms with Crippen LogP contribution in [0.3, 0.4) is 0 Å². The molecule has 0 spiro atoms. The van der Waals surface area contributed by atoms with Crippen molar-refractivity contribution in [2.75, 3.05) is 13.1 Å². The fraction of sp³-hybridized carbons (Fsp3) is 0.385. The van der Waals surface area contributed by atoms with Crippen molar-refractivity contribution in [2.45, 2.75) is 19.9 Å². The van der Waals surface area contributed by atoms with Gasteiger partial charge in [0.25, 0.3) is 5.56 Å². The van der Waals surface area contributed by atoms with Crippen molar-refractivity contribution in [1.29, 1.82) is 0 Å². The number of nitrogens with zero attached hydrogens (tertiary/aromatic N) is 2. The first kappa shape index (κ1) is 14.7. The predicted octanol–water partition coefficient (Wildman–Crippen LogP) is 2.05. The van der Waals surface area contributed by atoms with Gasteiger partial charge in [0.1, 0.15) is 0 Å². The summed E-state index contributed by atoms with van der Waals surface area (Å²) in [6.45, 7) is 4.23. The topological polar surface area (TPSA) is 46.9 Å². The summed E-state index contributed by atoms with van der Waals surface area (Å²) in [6, 6.07) is 2.14. The summed E-state index contributed by atoms with van der Waals surface area (Å²) in [4.78, 5) is 16.1. The lowest BCUT2D eigenvalue weighted by atomic mass is 10.2. The van der Waals surface area contributed by atoms with Gasteiger partial charge in [-0.2, -0.15) is 11.3 Å². The third kappa shape index (κ3) is 4.12. The monoisotopic (exact) mass is 389 g/mol. The molecule has 2 rings (SSSR count). The van der Waals surface area contributed by atoms with Crippen LogP contribution in [0.1, 0.15) is 11.3 Å². The third-order valence-electron chi connectivity index (χ3n) is 2.86. The van der Waals surface area contributed by atoms with Crippen molar-refractivity contribution in [3.63, 3.8) is 0 Å². The molecule has 0 aliphatic rings. The average molecular weight is 389 g/mol. The number of nitrogens with one attached hydrogen (secondary N) is 1. The Bertz CT molecular complexity index is 580. The van der Waals surface area contributed by atoms with Gasteiger partial charge < -0.3 is 5.32 Å². The molecule has 0 aliphatic heterocycles. The molecule has 1 N–H and O–H groups in total. The second-order valence-electron chi connectivity index (χ2n) is 4.27. The summed E-state index contributed by atoms with van der Waals surface area (Å²) < 4.78 is 2.37. The molecule has 0 unspecified atom stereocenters. The molecule has 0 bridgehead atoms. The van der Waals surface area contributed by atoms with Gasteiger partial charge in [-0.15, -0.1) is 0 Å². The van der Waals surface area contributed by atoms with Crippen molar-refractivity contribution in [3.05, 3.63) is 48.3 Å². The zero-order chi connectivity index (χ0) is 13.7. The molecule has 0 aliphatic carbocycles. The van der Waals surface area contributed by atoms with E-state index in [-0.39, 0.29) is 5.56 Å². The summed E-state index contributed by atoms with van der Waals surface area (Å²) in [5.41, 5.74) is 2.21. The van der Waals surface area contributed by atoms with Crippen molar-refractivity contribution in [1.82, 2.24) is 14.9 Å². The second-order valence-corrected chi connectivity index (χ2v) is 6.13. The fourth-order valence-electron chi connectivity index (χ4n) is 1.70. The van der Waals surface area contributed by atoms with Crippen LogP contribution in [0.5, 0.6) is 0 Å². The molecule has 0 amide bonds. The summed E-state index contributed by atoms with van der Waals surface area (Å²) in [7, 11) is 0. The van der Waals surface area contributed by atoms with Gasteiger partial charge in [-0.1, -0.05) is 0 Å². The standard InChI is InChI=1S/C13H16IN3OS/c1-10-12(14)13(18)17(9-16-10)6-5-15-4-2-11-3-7-19-8-11/h3,7-9,15H,2,4-6H2,1H3. The van der Waals surface area contributed by atoms with Crippen LogP contribution in [0.25, 0.3) is 0 Å². The van der Waals surface area contributed by atoms with Crippen LogP contribution in [-0.2, 0) is 13.0 Å². The Morgan fingerprint density at radius 3 is 3.05 bits per heavy atom. The van der Waals surface area contributed by atoms with E-state index in [1.807, 2.05) is 6.92 Å². The van der Waals surface area contributed by atoms with Gasteiger partial charge in [-0.25, -0.2) is 4.98 Å². The molecule has 2 aromatic heterocycles. The van der Waals surface area contributed by atoms with Gasteiger partial charge in [-0.3, -0.25) is 9.36 Å². The molecule has 102 valence electrons. The molecule has 0 fully saturated rings. The molecular formula is C13H16IN3OS. The number of rotatable bonds is 6. The van der Waals surface area contributed by atoms with E-state index in [0.717, 1.165) is 25.2 Å². The van der Waals surface area contributed by atoms with E-state index in [4.69, 9.17) is 0 Å². The molecule has 0 atom stereocenters. The molecule has 0 radical (unpaired) electrons. The molecule has 6 heteroatoms. The highest BCUT2D eigenvalue weighted by Crippen LogP contribution is 2.05. The Labute approximate surface area is 130 Å². The zero-order valence-electron chi connectivity index (χ0n) is 10.7. The van der Waals surface area contributed by atoms with E-state index in [0.29, 0.717) is 10.1 Å². The number of aryl methyl sites for hydroxylation is 1. The van der Waals surface area contributed by atoms with Crippen LogP contribution in [-0.4, -0.2) is 22.6 Å². The lowest BCUT2D eigenvalue weighted by molar-refractivity contribution is 0.576. The highest BCUT2D eigenvalue weighted by Gasteiger charge is 2.04. The largest absolute Gasteiger partial charge is 0.315 e. The maximum Gasteiger partial charge on any atom is 0.267 e. The Balaban J connectivity index is 1.77. The molecule has 19 heavy (non-hydrogen) atoms.